The highest BCUT2D eigenvalue weighted by molar-refractivity contribution is 6.51. The van der Waals surface area contributed by atoms with Crippen molar-refractivity contribution in [1.29, 1.82) is 0 Å². The monoisotopic (exact) mass is 580 g/mol. The van der Waals surface area contributed by atoms with Gasteiger partial charge in [-0.15, -0.1) is 0 Å². The first-order chi connectivity index (χ1) is 20.4. The summed E-state index contributed by atoms with van der Waals surface area (Å²) in [5.41, 5.74) is 1.94. The number of hydrogen-bond acceptors (Lipinski definition) is 7. The van der Waals surface area contributed by atoms with E-state index in [0.717, 1.165) is 17.7 Å². The molecule has 8 nitrogen and oxygen atoms in total. The maximum Gasteiger partial charge on any atom is 0.343 e. The van der Waals surface area contributed by atoms with Crippen LogP contribution >= 0.6 is 0 Å². The Kier molecular flexibility index (Phi) is 7.58. The van der Waals surface area contributed by atoms with Crippen LogP contribution in [0.2, 0.25) is 0 Å². The second kappa shape index (κ2) is 11.2. The molecule has 9 heteroatoms. The average Bonchev–Trinajstić information content (AvgIpc) is 2.99. The van der Waals surface area contributed by atoms with Crippen LogP contribution in [0.15, 0.2) is 78.9 Å². The fourth-order valence-corrected chi connectivity index (χ4v) is 5.06. The molecule has 0 spiro atoms. The van der Waals surface area contributed by atoms with E-state index in [9.17, 15) is 23.6 Å². The molecule has 1 amide bonds. The molecule has 0 saturated heterocycles. The molecule has 1 heterocycles. The molecule has 218 valence electrons. The molecule has 0 aliphatic carbocycles. The van der Waals surface area contributed by atoms with Gasteiger partial charge in [0, 0.05) is 24.2 Å². The smallest absolute Gasteiger partial charge is 0.343 e. The summed E-state index contributed by atoms with van der Waals surface area (Å²) in [6, 6.07) is 19.6. The number of esters is 1. The quantitative estimate of drug-likeness (QED) is 0.119. The number of ketones is 2. The number of nitrogens with one attached hydrogen (secondary N) is 1. The average molecular weight is 581 g/mol. The number of rotatable bonds is 7. The van der Waals surface area contributed by atoms with Gasteiger partial charge >= 0.3 is 5.97 Å². The number of carbonyl (C=O) groups excluding carboxylic acids is 4. The highest BCUT2D eigenvalue weighted by Crippen LogP contribution is 2.45. The van der Waals surface area contributed by atoms with Gasteiger partial charge in [-0.2, -0.15) is 0 Å². The zero-order valence-corrected chi connectivity index (χ0v) is 24.3. The number of nitrogens with zero attached hydrogens (tertiary/aromatic N) is 1. The zero-order chi connectivity index (χ0) is 31.1. The van der Waals surface area contributed by atoms with Crippen LogP contribution in [0.5, 0.6) is 11.5 Å². The molecule has 43 heavy (non-hydrogen) atoms. The van der Waals surface area contributed by atoms with E-state index in [2.05, 4.69) is 5.32 Å². The third-order valence-electron chi connectivity index (χ3n) is 7.30. The highest BCUT2D eigenvalue weighted by Gasteiger charge is 2.40. The van der Waals surface area contributed by atoms with Crippen molar-refractivity contribution in [3.8, 4) is 22.6 Å². The molecule has 1 aliphatic rings. The topological polar surface area (TPSA) is 102 Å². The largest absolute Gasteiger partial charge is 0.496 e. The van der Waals surface area contributed by atoms with Gasteiger partial charge in [0.25, 0.3) is 5.91 Å². The normalized spacial score (nSPS) is 13.5. The van der Waals surface area contributed by atoms with E-state index >= 15 is 0 Å². The number of likely N-dealkylation sites (N-methyl/N-ethyl adjacent to an activating group) is 1. The van der Waals surface area contributed by atoms with E-state index in [4.69, 9.17) is 9.47 Å². The number of fused-ring (bicyclic) bond motifs is 1. The third-order valence-corrected chi connectivity index (χ3v) is 7.30. The first-order valence-corrected chi connectivity index (χ1v) is 13.5. The summed E-state index contributed by atoms with van der Waals surface area (Å²) in [7, 11) is 2.98. The Bertz CT molecular complexity index is 1780. The summed E-state index contributed by atoms with van der Waals surface area (Å²) < 4.78 is 24.4. The van der Waals surface area contributed by atoms with Crippen LogP contribution < -0.4 is 19.7 Å². The third kappa shape index (κ3) is 5.49. The Balaban J connectivity index is 1.63. The number of halogens is 1. The number of benzene rings is 4. The molecule has 0 radical (unpaired) electrons. The van der Waals surface area contributed by atoms with E-state index < -0.39 is 28.9 Å². The Morgan fingerprint density at radius 1 is 0.837 bits per heavy atom. The van der Waals surface area contributed by atoms with Gasteiger partial charge in [-0.3, -0.25) is 14.4 Å². The second-order valence-electron chi connectivity index (χ2n) is 10.8. The SMILES string of the molecule is COc1cc(OC(=O)c2ccc(F)cc2)ccc1-c1ccc2c(c1C(=O)C(=O)c1ccc(C)cc1)N(C)C(=O)C(C)(C)N2. The standard InChI is InChI=1S/C34H29FN2O6/c1-19-6-8-20(9-7-19)30(38)31(39)28-25(16-17-26-29(28)37(4)33(41)34(2,3)36-26)24-15-14-23(18-27(24)42-5)43-32(40)21-10-12-22(35)13-11-21/h6-18,36H,1-5H3. The number of carbonyl (C=O) groups is 4. The van der Waals surface area contributed by atoms with Crippen LogP contribution in [0.1, 0.15) is 50.5 Å². The van der Waals surface area contributed by atoms with Crippen molar-refractivity contribution in [2.24, 2.45) is 0 Å². The van der Waals surface area contributed by atoms with Crippen molar-refractivity contribution in [3.63, 3.8) is 0 Å². The predicted octanol–water partition coefficient (Wildman–Crippen LogP) is 6.26. The molecular weight excluding hydrogens is 551 g/mol. The summed E-state index contributed by atoms with van der Waals surface area (Å²) in [6.07, 6.45) is 0. The summed E-state index contributed by atoms with van der Waals surface area (Å²) in [5, 5.41) is 3.19. The van der Waals surface area contributed by atoms with E-state index in [1.807, 2.05) is 6.92 Å². The molecule has 0 atom stereocenters. The van der Waals surface area contributed by atoms with Crippen molar-refractivity contribution < 1.29 is 33.0 Å². The van der Waals surface area contributed by atoms with Gasteiger partial charge in [0.05, 0.1) is 29.6 Å². The van der Waals surface area contributed by atoms with Crippen LogP contribution in [0.3, 0.4) is 0 Å². The fourth-order valence-electron chi connectivity index (χ4n) is 5.06. The van der Waals surface area contributed by atoms with Gasteiger partial charge < -0.3 is 19.7 Å². The number of methoxy groups -OCH3 is 1. The van der Waals surface area contributed by atoms with Crippen molar-refractivity contribution in [2.45, 2.75) is 26.3 Å². The van der Waals surface area contributed by atoms with Crippen molar-refractivity contribution in [3.05, 3.63) is 107 Å². The number of anilines is 2. The molecule has 0 fully saturated rings. The molecule has 4 aromatic carbocycles. The first-order valence-electron chi connectivity index (χ1n) is 13.5. The van der Waals surface area contributed by atoms with Gasteiger partial charge in [-0.1, -0.05) is 35.9 Å². The van der Waals surface area contributed by atoms with Gasteiger partial charge in [0.15, 0.2) is 0 Å². The highest BCUT2D eigenvalue weighted by atomic mass is 19.1. The maximum absolute atomic E-state index is 14.1. The van der Waals surface area contributed by atoms with Crippen LogP contribution in [0.4, 0.5) is 15.8 Å². The molecule has 4 aromatic rings. The van der Waals surface area contributed by atoms with Crippen LogP contribution in [0, 0.1) is 12.7 Å². The lowest BCUT2D eigenvalue weighted by Crippen LogP contribution is -2.53. The molecule has 0 saturated carbocycles. The molecule has 1 N–H and O–H groups in total. The Morgan fingerprint density at radius 3 is 2.12 bits per heavy atom. The van der Waals surface area contributed by atoms with Crippen LogP contribution in [0.25, 0.3) is 11.1 Å². The van der Waals surface area contributed by atoms with Crippen molar-refractivity contribution >= 4 is 34.8 Å². The minimum absolute atomic E-state index is 0.0243. The minimum Gasteiger partial charge on any atom is -0.496 e. The number of amides is 1. The second-order valence-corrected chi connectivity index (χ2v) is 10.8. The van der Waals surface area contributed by atoms with Crippen LogP contribution in [-0.4, -0.2) is 43.1 Å². The van der Waals surface area contributed by atoms with Gasteiger partial charge in [-0.25, -0.2) is 9.18 Å². The van der Waals surface area contributed by atoms with Crippen molar-refractivity contribution in [2.75, 3.05) is 24.4 Å². The number of ether oxygens (including phenoxy) is 2. The van der Waals surface area contributed by atoms with Gasteiger partial charge in [0.2, 0.25) is 11.6 Å². The van der Waals surface area contributed by atoms with E-state index in [0.29, 0.717) is 16.8 Å². The maximum atomic E-state index is 14.1. The molecule has 5 rings (SSSR count). The Labute approximate surface area is 248 Å². The van der Waals surface area contributed by atoms with E-state index in [1.54, 1.807) is 63.4 Å². The number of hydrogen-bond donors (Lipinski definition) is 1. The zero-order valence-electron chi connectivity index (χ0n) is 24.3. The molecule has 0 unspecified atom stereocenters. The Morgan fingerprint density at radius 2 is 1.47 bits per heavy atom. The predicted molar refractivity (Wildman–Crippen MR) is 161 cm³/mol. The first kappa shape index (κ1) is 29.2. The van der Waals surface area contributed by atoms with E-state index in [-0.39, 0.29) is 39.8 Å². The summed E-state index contributed by atoms with van der Waals surface area (Å²) in [4.78, 5) is 54.9. The lowest BCUT2D eigenvalue weighted by Gasteiger charge is -2.39. The van der Waals surface area contributed by atoms with Gasteiger partial charge in [-0.05, 0) is 68.8 Å². The molecule has 0 aromatic heterocycles. The number of aryl methyl sites for hydroxylation is 1. The van der Waals surface area contributed by atoms with Gasteiger partial charge in [0.1, 0.15) is 22.9 Å². The Hall–Kier alpha value is -5.31. The molecule has 0 bridgehead atoms. The lowest BCUT2D eigenvalue weighted by atomic mass is 9.87. The molecule has 1 aliphatic heterocycles. The van der Waals surface area contributed by atoms with Crippen molar-refractivity contribution in [1.82, 2.24) is 0 Å². The fraction of sp³-hybridized carbons (Fsp3) is 0.176. The minimum atomic E-state index is -0.946. The summed E-state index contributed by atoms with van der Waals surface area (Å²) in [5.74, 6) is -2.60. The molecular formula is C34H29FN2O6. The number of Topliss-reactive ketones (excluding diaryl/α,β-unsaturated/α-hetero) is 2. The van der Waals surface area contributed by atoms with E-state index in [1.165, 1.54) is 36.3 Å². The lowest BCUT2D eigenvalue weighted by molar-refractivity contribution is -0.121. The summed E-state index contributed by atoms with van der Waals surface area (Å²) >= 11 is 0. The summed E-state index contributed by atoms with van der Waals surface area (Å²) in [6.45, 7) is 5.34. The van der Waals surface area contributed by atoms with Crippen LogP contribution in [-0.2, 0) is 4.79 Å².